The molecule has 5 nitrogen and oxygen atoms in total. The van der Waals surface area contributed by atoms with E-state index in [-0.39, 0.29) is 16.7 Å². The van der Waals surface area contributed by atoms with Gasteiger partial charge in [-0.15, -0.1) is 0 Å². The number of phenolic OH excluding ortho intramolecular Hbond substituents is 1. The molecule has 1 aromatic heterocycles. The number of carbonyl (C=O) groups is 1. The Labute approximate surface area is 140 Å². The smallest absolute Gasteiger partial charge is 0.261 e. The van der Waals surface area contributed by atoms with Crippen molar-refractivity contribution in [1.82, 2.24) is 4.98 Å². The van der Waals surface area contributed by atoms with E-state index in [1.54, 1.807) is 12.1 Å². The van der Waals surface area contributed by atoms with Crippen LogP contribution in [0, 0.1) is 11.3 Å². The summed E-state index contributed by atoms with van der Waals surface area (Å²) in [5.74, 6) is -0.606. The molecule has 2 aromatic rings. The van der Waals surface area contributed by atoms with Crippen molar-refractivity contribution < 1.29 is 9.90 Å². The maximum absolute atomic E-state index is 12.2. The summed E-state index contributed by atoms with van der Waals surface area (Å²) in [7, 11) is 0. The Morgan fingerprint density at radius 1 is 1.45 bits per heavy atom. The number of aromatic hydroxyl groups is 1. The fourth-order valence-electron chi connectivity index (χ4n) is 1.82. The van der Waals surface area contributed by atoms with Gasteiger partial charge in [0.15, 0.2) is 5.13 Å². The second kappa shape index (κ2) is 6.07. The van der Waals surface area contributed by atoms with Crippen LogP contribution in [-0.4, -0.2) is 16.0 Å². The van der Waals surface area contributed by atoms with Gasteiger partial charge in [0.05, 0.1) is 15.7 Å². The largest absolute Gasteiger partial charge is 0.506 e. The molecule has 0 aliphatic rings. The van der Waals surface area contributed by atoms with Gasteiger partial charge < -0.3 is 5.11 Å². The lowest BCUT2D eigenvalue weighted by atomic mass is 9.91. The van der Waals surface area contributed by atoms with Gasteiger partial charge in [-0.25, -0.2) is 4.98 Å². The van der Waals surface area contributed by atoms with Crippen molar-refractivity contribution in [1.29, 1.82) is 5.26 Å². The van der Waals surface area contributed by atoms with Crippen molar-refractivity contribution in [2.24, 2.45) is 0 Å². The van der Waals surface area contributed by atoms with E-state index in [1.165, 1.54) is 6.07 Å². The maximum atomic E-state index is 12.2. The van der Waals surface area contributed by atoms with Gasteiger partial charge in [0.1, 0.15) is 16.7 Å². The molecule has 1 aromatic carbocycles. The van der Waals surface area contributed by atoms with Crippen LogP contribution in [0.4, 0.5) is 5.13 Å². The Morgan fingerprint density at radius 2 is 2.14 bits per heavy atom. The van der Waals surface area contributed by atoms with Crippen molar-refractivity contribution in [2.75, 3.05) is 5.32 Å². The van der Waals surface area contributed by atoms with E-state index in [2.05, 4.69) is 32.3 Å². The van der Waals surface area contributed by atoms with Gasteiger partial charge in [0, 0.05) is 5.41 Å². The summed E-state index contributed by atoms with van der Waals surface area (Å²) in [6, 6.07) is 6.91. The van der Waals surface area contributed by atoms with Crippen LogP contribution < -0.4 is 5.32 Å². The van der Waals surface area contributed by atoms with Gasteiger partial charge in [0.2, 0.25) is 0 Å². The summed E-state index contributed by atoms with van der Waals surface area (Å²) in [5, 5.41) is 22.1. The Hall–Kier alpha value is -1.91. The van der Waals surface area contributed by atoms with Gasteiger partial charge in [0.25, 0.3) is 5.91 Å². The molecule has 0 atom stereocenters. The third-order valence-electron chi connectivity index (χ3n) is 2.89. The van der Waals surface area contributed by atoms with Crippen LogP contribution in [0.2, 0.25) is 0 Å². The van der Waals surface area contributed by atoms with E-state index in [4.69, 9.17) is 0 Å². The molecule has 0 saturated heterocycles. The number of para-hydroxylation sites is 1. The number of hydrogen-bond donors (Lipinski definition) is 2. The van der Waals surface area contributed by atoms with Crippen molar-refractivity contribution in [2.45, 2.75) is 26.2 Å². The number of rotatable bonds is 2. The SMILES string of the molecule is CC(C)(C)c1nc(NC(=O)c2cccc(Br)c2O)sc1C#N. The fraction of sp³-hybridized carbons (Fsp3) is 0.267. The molecule has 7 heteroatoms. The number of nitriles is 1. The fourth-order valence-corrected chi connectivity index (χ4v) is 3.16. The number of carbonyl (C=O) groups excluding carboxylic acids is 1. The number of halogens is 1. The Bertz CT molecular complexity index is 772. The molecule has 22 heavy (non-hydrogen) atoms. The third-order valence-corrected chi connectivity index (χ3v) is 4.41. The highest BCUT2D eigenvalue weighted by molar-refractivity contribution is 9.10. The first-order valence-electron chi connectivity index (χ1n) is 6.44. The number of benzene rings is 1. The van der Waals surface area contributed by atoms with Crippen LogP contribution in [0.5, 0.6) is 5.75 Å². The number of nitrogens with zero attached hydrogens (tertiary/aromatic N) is 2. The molecule has 2 rings (SSSR count). The highest BCUT2D eigenvalue weighted by Crippen LogP contribution is 2.32. The molecule has 0 spiro atoms. The van der Waals surface area contributed by atoms with E-state index >= 15 is 0 Å². The van der Waals surface area contributed by atoms with E-state index < -0.39 is 5.91 Å². The number of phenols is 1. The number of aromatic nitrogens is 1. The highest BCUT2D eigenvalue weighted by Gasteiger charge is 2.24. The van der Waals surface area contributed by atoms with Gasteiger partial charge in [-0.2, -0.15) is 5.26 Å². The molecule has 0 bridgehead atoms. The second-order valence-electron chi connectivity index (χ2n) is 5.65. The Balaban J connectivity index is 2.32. The lowest BCUT2D eigenvalue weighted by molar-refractivity contribution is 0.102. The van der Waals surface area contributed by atoms with Crippen LogP contribution in [0.25, 0.3) is 0 Å². The molecule has 0 radical (unpaired) electrons. The van der Waals surface area contributed by atoms with Crippen LogP contribution >= 0.6 is 27.3 Å². The first-order valence-corrected chi connectivity index (χ1v) is 8.05. The van der Waals surface area contributed by atoms with E-state index in [0.29, 0.717) is 20.2 Å². The molecular formula is C15H14BrN3O2S. The van der Waals surface area contributed by atoms with Gasteiger partial charge in [-0.05, 0) is 28.1 Å². The molecule has 0 aliphatic carbocycles. The summed E-state index contributed by atoms with van der Waals surface area (Å²) < 4.78 is 0.437. The predicted octanol–water partition coefficient (Wildman–Crippen LogP) is 4.03. The second-order valence-corrected chi connectivity index (χ2v) is 7.50. The first-order chi connectivity index (χ1) is 10.2. The lowest BCUT2D eigenvalue weighted by Crippen LogP contribution is -2.15. The van der Waals surface area contributed by atoms with E-state index in [1.807, 2.05) is 20.8 Å². The number of anilines is 1. The minimum absolute atomic E-state index is 0.131. The van der Waals surface area contributed by atoms with Crippen LogP contribution in [0.3, 0.4) is 0 Å². The first kappa shape index (κ1) is 16.5. The molecule has 1 amide bonds. The quantitative estimate of drug-likeness (QED) is 0.824. The average molecular weight is 380 g/mol. The zero-order valence-electron chi connectivity index (χ0n) is 12.3. The van der Waals surface area contributed by atoms with Gasteiger partial charge in [-0.1, -0.05) is 38.2 Å². The van der Waals surface area contributed by atoms with E-state index in [9.17, 15) is 15.2 Å². The van der Waals surface area contributed by atoms with Crippen molar-refractivity contribution >= 4 is 38.3 Å². The summed E-state index contributed by atoms with van der Waals surface area (Å²) in [6.07, 6.45) is 0. The van der Waals surface area contributed by atoms with Crippen LogP contribution in [0.1, 0.15) is 41.7 Å². The Kier molecular flexibility index (Phi) is 4.54. The summed E-state index contributed by atoms with van der Waals surface area (Å²) in [4.78, 5) is 17.1. The monoisotopic (exact) mass is 379 g/mol. The summed E-state index contributed by atoms with van der Waals surface area (Å²) in [6.45, 7) is 5.86. The number of nitrogens with one attached hydrogen (secondary N) is 1. The molecule has 0 saturated carbocycles. The number of thiazole rings is 1. The highest BCUT2D eigenvalue weighted by atomic mass is 79.9. The van der Waals surface area contributed by atoms with Crippen LogP contribution in [-0.2, 0) is 5.41 Å². The summed E-state index contributed by atoms with van der Waals surface area (Å²) in [5.41, 5.74) is 0.497. The predicted molar refractivity (Wildman–Crippen MR) is 89.3 cm³/mol. The average Bonchev–Trinajstić information content (AvgIpc) is 2.84. The Morgan fingerprint density at radius 3 is 2.68 bits per heavy atom. The topological polar surface area (TPSA) is 86.0 Å². The van der Waals surface area contributed by atoms with Crippen molar-refractivity contribution in [3.05, 3.63) is 38.8 Å². The molecular weight excluding hydrogens is 366 g/mol. The molecule has 114 valence electrons. The maximum Gasteiger partial charge on any atom is 0.261 e. The standard InChI is InChI=1S/C15H14BrN3O2S/c1-15(2,3)12-10(7-17)22-14(18-12)19-13(21)8-5-4-6-9(16)11(8)20/h4-6,20H,1-3H3,(H,18,19,21). The normalized spacial score (nSPS) is 11.0. The van der Waals surface area contributed by atoms with Crippen LogP contribution in [0.15, 0.2) is 22.7 Å². The van der Waals surface area contributed by atoms with Gasteiger partial charge >= 0.3 is 0 Å². The zero-order valence-corrected chi connectivity index (χ0v) is 14.7. The molecule has 0 aliphatic heterocycles. The summed E-state index contributed by atoms with van der Waals surface area (Å²) >= 11 is 4.29. The lowest BCUT2D eigenvalue weighted by Gasteiger charge is -2.15. The number of hydrogen-bond acceptors (Lipinski definition) is 5. The van der Waals surface area contributed by atoms with Crippen molar-refractivity contribution in [3.63, 3.8) is 0 Å². The third kappa shape index (κ3) is 3.29. The molecule has 0 unspecified atom stereocenters. The number of amides is 1. The van der Waals surface area contributed by atoms with E-state index in [0.717, 1.165) is 11.3 Å². The molecule has 1 heterocycles. The molecule has 0 fully saturated rings. The van der Waals surface area contributed by atoms with Crippen molar-refractivity contribution in [3.8, 4) is 11.8 Å². The zero-order chi connectivity index (χ0) is 16.5. The minimum Gasteiger partial charge on any atom is -0.506 e. The molecule has 2 N–H and O–H groups in total. The minimum atomic E-state index is -0.475. The van der Waals surface area contributed by atoms with Gasteiger partial charge in [-0.3, -0.25) is 10.1 Å².